The maximum absolute atomic E-state index is 11.6. The maximum atomic E-state index is 11.6. The van der Waals surface area contributed by atoms with Gasteiger partial charge in [-0.2, -0.15) is 0 Å². The van der Waals surface area contributed by atoms with Crippen molar-refractivity contribution in [2.45, 2.75) is 19.8 Å². The number of hydrogen-bond donors (Lipinski definition) is 3. The fourth-order valence-electron chi connectivity index (χ4n) is 1.59. The van der Waals surface area contributed by atoms with E-state index in [1.165, 1.54) is 25.3 Å². The number of benzene rings is 1. The molecular weight excluding hydrogens is 277 g/mol. The van der Waals surface area contributed by atoms with Gasteiger partial charge in [0.2, 0.25) is 0 Å². The summed E-state index contributed by atoms with van der Waals surface area (Å²) < 4.78 is 9.49. The summed E-state index contributed by atoms with van der Waals surface area (Å²) in [5.74, 6) is -0.601. The van der Waals surface area contributed by atoms with Gasteiger partial charge in [-0.1, -0.05) is 19.4 Å². The number of carbonyl (C=O) groups is 2. The molecule has 0 atom stereocenters. The van der Waals surface area contributed by atoms with Crippen LogP contribution in [0.15, 0.2) is 18.2 Å². The molecule has 0 heterocycles. The van der Waals surface area contributed by atoms with Gasteiger partial charge in [0.15, 0.2) is 0 Å². The molecule has 8 heteroatoms. The van der Waals surface area contributed by atoms with Crippen molar-refractivity contribution in [3.05, 3.63) is 23.8 Å². The first kappa shape index (κ1) is 17.0. The molecule has 0 saturated carbocycles. The Morgan fingerprint density at radius 2 is 2.05 bits per heavy atom. The third kappa shape index (κ3) is 5.09. The van der Waals surface area contributed by atoms with Crippen molar-refractivity contribution >= 4 is 30.3 Å². The average molecular weight is 295 g/mol. The van der Waals surface area contributed by atoms with Gasteiger partial charge in [-0.05, 0) is 18.6 Å². The number of carbonyl (C=O) groups excluding carboxylic acids is 2. The predicted molar refractivity (Wildman–Crippen MR) is 77.5 cm³/mol. The molecular formula is C13H18BNO6. The van der Waals surface area contributed by atoms with Gasteiger partial charge in [-0.25, -0.2) is 9.59 Å². The molecule has 1 aromatic carbocycles. The van der Waals surface area contributed by atoms with Crippen LogP contribution in [0.2, 0.25) is 0 Å². The van der Waals surface area contributed by atoms with Crippen LogP contribution in [-0.4, -0.2) is 42.9 Å². The first-order chi connectivity index (χ1) is 9.99. The Kier molecular flexibility index (Phi) is 6.70. The summed E-state index contributed by atoms with van der Waals surface area (Å²) in [5.41, 5.74) is 0.301. The quantitative estimate of drug-likeness (QED) is 0.401. The fraction of sp³-hybridized carbons (Fsp3) is 0.385. The molecule has 0 bridgehead atoms. The molecule has 0 saturated heterocycles. The highest BCUT2D eigenvalue weighted by Gasteiger charge is 2.20. The van der Waals surface area contributed by atoms with E-state index in [2.05, 4.69) is 10.1 Å². The molecule has 1 amide bonds. The van der Waals surface area contributed by atoms with E-state index in [1.807, 2.05) is 6.92 Å². The summed E-state index contributed by atoms with van der Waals surface area (Å²) >= 11 is 0. The van der Waals surface area contributed by atoms with E-state index in [9.17, 15) is 19.6 Å². The van der Waals surface area contributed by atoms with Crippen LogP contribution in [-0.2, 0) is 9.47 Å². The summed E-state index contributed by atoms with van der Waals surface area (Å²) in [4.78, 5) is 23.1. The lowest BCUT2D eigenvalue weighted by Gasteiger charge is -2.12. The normalized spacial score (nSPS) is 9.90. The van der Waals surface area contributed by atoms with Gasteiger partial charge in [0.05, 0.1) is 19.3 Å². The Hall–Kier alpha value is -2.06. The molecule has 0 unspecified atom stereocenters. The Bertz CT molecular complexity index is 505. The molecule has 21 heavy (non-hydrogen) atoms. The topological polar surface area (TPSA) is 105 Å². The van der Waals surface area contributed by atoms with Crippen LogP contribution >= 0.6 is 0 Å². The van der Waals surface area contributed by atoms with E-state index in [-0.39, 0.29) is 23.3 Å². The van der Waals surface area contributed by atoms with Crippen molar-refractivity contribution in [2.24, 2.45) is 0 Å². The minimum atomic E-state index is -1.79. The molecule has 0 aliphatic heterocycles. The SMILES string of the molecule is CCCCOC(=O)Nc1cc(C(=O)OC)ccc1B(O)O. The molecule has 0 radical (unpaired) electrons. The molecule has 3 N–H and O–H groups in total. The highest BCUT2D eigenvalue weighted by molar-refractivity contribution is 6.60. The number of nitrogens with one attached hydrogen (secondary N) is 1. The highest BCUT2D eigenvalue weighted by Crippen LogP contribution is 2.11. The number of hydrogen-bond acceptors (Lipinski definition) is 6. The number of amides is 1. The van der Waals surface area contributed by atoms with Crippen molar-refractivity contribution in [1.82, 2.24) is 0 Å². The Morgan fingerprint density at radius 1 is 1.33 bits per heavy atom. The largest absolute Gasteiger partial charge is 0.490 e. The summed E-state index contributed by atoms with van der Waals surface area (Å²) in [5, 5.41) is 20.9. The van der Waals surface area contributed by atoms with E-state index in [0.717, 1.165) is 12.8 Å². The first-order valence-electron chi connectivity index (χ1n) is 6.51. The highest BCUT2D eigenvalue weighted by atomic mass is 16.5. The molecule has 0 aliphatic rings. The van der Waals surface area contributed by atoms with E-state index in [4.69, 9.17) is 4.74 Å². The number of methoxy groups -OCH3 is 1. The van der Waals surface area contributed by atoms with E-state index >= 15 is 0 Å². The monoisotopic (exact) mass is 295 g/mol. The molecule has 1 rings (SSSR count). The smallest absolute Gasteiger partial charge is 0.465 e. The predicted octanol–water partition coefficient (Wildman–Crippen LogP) is 0.502. The number of rotatable bonds is 6. The summed E-state index contributed by atoms with van der Waals surface area (Å²) in [6, 6.07) is 3.98. The van der Waals surface area contributed by atoms with Gasteiger partial charge < -0.3 is 19.5 Å². The molecule has 7 nitrogen and oxygen atoms in total. The standard InChI is InChI=1S/C13H18BNO6/c1-3-4-7-21-13(17)15-11-8-9(12(16)20-2)5-6-10(11)14(18)19/h5-6,8,18-19H,3-4,7H2,1-2H3,(H,15,17). The molecule has 114 valence electrons. The zero-order chi connectivity index (χ0) is 15.8. The first-order valence-corrected chi connectivity index (χ1v) is 6.51. The molecule has 0 fully saturated rings. The van der Waals surface area contributed by atoms with Crippen LogP contribution in [0.5, 0.6) is 0 Å². The van der Waals surface area contributed by atoms with Gasteiger partial charge in [0.1, 0.15) is 0 Å². The van der Waals surface area contributed by atoms with E-state index in [1.54, 1.807) is 0 Å². The lowest BCUT2D eigenvalue weighted by Crippen LogP contribution is -2.34. The van der Waals surface area contributed by atoms with Gasteiger partial charge in [-0.15, -0.1) is 0 Å². The third-order valence-electron chi connectivity index (χ3n) is 2.72. The van der Waals surface area contributed by atoms with Crippen LogP contribution in [0.4, 0.5) is 10.5 Å². The van der Waals surface area contributed by atoms with Crippen molar-refractivity contribution in [1.29, 1.82) is 0 Å². The zero-order valence-electron chi connectivity index (χ0n) is 12.0. The molecule has 0 spiro atoms. The van der Waals surface area contributed by atoms with Crippen molar-refractivity contribution < 1.29 is 29.1 Å². The van der Waals surface area contributed by atoms with Crippen LogP contribution in [0.1, 0.15) is 30.1 Å². The lowest BCUT2D eigenvalue weighted by molar-refractivity contribution is 0.0600. The molecule has 0 aromatic heterocycles. The second-order valence-corrected chi connectivity index (χ2v) is 4.28. The Morgan fingerprint density at radius 3 is 2.62 bits per heavy atom. The minimum Gasteiger partial charge on any atom is -0.465 e. The van der Waals surface area contributed by atoms with Gasteiger partial charge in [0, 0.05) is 11.2 Å². The number of unbranched alkanes of at least 4 members (excludes halogenated alkanes) is 1. The number of esters is 1. The van der Waals surface area contributed by atoms with Crippen molar-refractivity contribution in [3.63, 3.8) is 0 Å². The number of anilines is 1. The van der Waals surface area contributed by atoms with Crippen LogP contribution in [0.3, 0.4) is 0 Å². The summed E-state index contributed by atoms with van der Waals surface area (Å²) in [6.45, 7) is 2.22. The van der Waals surface area contributed by atoms with Crippen LogP contribution < -0.4 is 10.8 Å². The second kappa shape index (κ2) is 8.28. The van der Waals surface area contributed by atoms with Gasteiger partial charge in [-0.3, -0.25) is 5.32 Å². The second-order valence-electron chi connectivity index (χ2n) is 4.28. The lowest BCUT2D eigenvalue weighted by atomic mass is 9.78. The maximum Gasteiger partial charge on any atom is 0.490 e. The third-order valence-corrected chi connectivity index (χ3v) is 2.72. The van der Waals surface area contributed by atoms with Crippen LogP contribution in [0, 0.1) is 0 Å². The Balaban J connectivity index is 2.90. The van der Waals surface area contributed by atoms with Gasteiger partial charge >= 0.3 is 19.2 Å². The zero-order valence-corrected chi connectivity index (χ0v) is 12.0. The van der Waals surface area contributed by atoms with Crippen molar-refractivity contribution in [2.75, 3.05) is 19.0 Å². The Labute approximate surface area is 123 Å². The minimum absolute atomic E-state index is 0.0510. The van der Waals surface area contributed by atoms with Crippen molar-refractivity contribution in [3.8, 4) is 0 Å². The average Bonchev–Trinajstić information content (AvgIpc) is 2.46. The van der Waals surface area contributed by atoms with Gasteiger partial charge in [0.25, 0.3) is 0 Å². The fourth-order valence-corrected chi connectivity index (χ4v) is 1.59. The van der Waals surface area contributed by atoms with Crippen LogP contribution in [0.25, 0.3) is 0 Å². The summed E-state index contributed by atoms with van der Waals surface area (Å²) in [6.07, 6.45) is 0.879. The molecule has 0 aliphatic carbocycles. The van der Waals surface area contributed by atoms with E-state index in [0.29, 0.717) is 0 Å². The molecule has 1 aromatic rings. The number of ether oxygens (including phenoxy) is 2. The summed E-state index contributed by atoms with van der Waals surface area (Å²) in [7, 11) is -0.564. The van der Waals surface area contributed by atoms with E-state index < -0.39 is 19.2 Å².